The summed E-state index contributed by atoms with van der Waals surface area (Å²) >= 11 is 0. The fraction of sp³-hybridized carbons (Fsp3) is 0.333. The summed E-state index contributed by atoms with van der Waals surface area (Å²) in [5, 5.41) is 2.56. The molecule has 1 heterocycles. The summed E-state index contributed by atoms with van der Waals surface area (Å²) in [6.45, 7) is 3.39. The molecule has 2 N–H and O–H groups in total. The third kappa shape index (κ3) is 3.21. The molecule has 0 aliphatic carbocycles. The molecular formula is C12H15N3O3. The minimum Gasteiger partial charge on any atom is -0.380 e. The molecule has 0 fully saturated rings. The first-order chi connectivity index (χ1) is 8.79. The van der Waals surface area contributed by atoms with Crippen LogP contribution in [0, 0.1) is 0 Å². The number of benzene rings is 1. The summed E-state index contributed by atoms with van der Waals surface area (Å²) in [5.41, 5.74) is 1.59. The van der Waals surface area contributed by atoms with Crippen LogP contribution in [-0.2, 0) is 4.74 Å². The number of amides is 1. The number of hydrogen-bond acceptors (Lipinski definition) is 4. The zero-order valence-corrected chi connectivity index (χ0v) is 10.1. The molecule has 0 radical (unpaired) electrons. The minimum atomic E-state index is -0.547. The summed E-state index contributed by atoms with van der Waals surface area (Å²) < 4.78 is 10.1. The monoisotopic (exact) mass is 249 g/mol. The van der Waals surface area contributed by atoms with Gasteiger partial charge in [-0.25, -0.2) is 4.79 Å². The second-order valence-corrected chi connectivity index (χ2v) is 3.57. The first kappa shape index (κ1) is 12.4. The van der Waals surface area contributed by atoms with Crippen molar-refractivity contribution in [3.63, 3.8) is 0 Å². The van der Waals surface area contributed by atoms with Crippen molar-refractivity contribution in [3.05, 3.63) is 24.3 Å². The lowest BCUT2D eigenvalue weighted by Crippen LogP contribution is -2.30. The molecule has 2 aromatic rings. The van der Waals surface area contributed by atoms with E-state index in [0.29, 0.717) is 19.8 Å². The molecule has 96 valence electrons. The van der Waals surface area contributed by atoms with E-state index in [0.717, 1.165) is 11.0 Å². The van der Waals surface area contributed by atoms with Crippen LogP contribution in [0.25, 0.3) is 11.0 Å². The Labute approximate surface area is 104 Å². The normalized spacial score (nSPS) is 10.5. The van der Waals surface area contributed by atoms with Crippen LogP contribution in [0.2, 0.25) is 0 Å². The maximum Gasteiger partial charge on any atom is 0.415 e. The molecule has 2 rings (SSSR count). The number of imidazole rings is 1. The van der Waals surface area contributed by atoms with Gasteiger partial charge in [0.25, 0.3) is 0 Å². The Balaban J connectivity index is 1.86. The Morgan fingerprint density at radius 1 is 1.44 bits per heavy atom. The van der Waals surface area contributed by atoms with Gasteiger partial charge in [-0.1, -0.05) is 12.1 Å². The predicted molar refractivity (Wildman–Crippen MR) is 66.6 cm³/mol. The van der Waals surface area contributed by atoms with Gasteiger partial charge in [0.1, 0.15) is 0 Å². The first-order valence-corrected chi connectivity index (χ1v) is 5.77. The molecule has 1 amide bonds. The molecule has 0 unspecified atom stereocenters. The number of rotatable bonds is 5. The molecule has 1 aromatic carbocycles. The number of para-hydroxylation sites is 2. The summed E-state index contributed by atoms with van der Waals surface area (Å²) in [5.74, 6) is 0. The topological polar surface area (TPSA) is 76.2 Å². The number of fused-ring (bicyclic) bond motifs is 1. The van der Waals surface area contributed by atoms with Crippen LogP contribution >= 0.6 is 0 Å². The summed E-state index contributed by atoms with van der Waals surface area (Å²) in [4.78, 5) is 18.4. The molecule has 0 aliphatic heterocycles. The third-order valence-corrected chi connectivity index (χ3v) is 2.28. The highest BCUT2D eigenvalue weighted by molar-refractivity contribution is 5.77. The standard InChI is InChI=1S/C12H15N3O3/c1-2-17-8-7-13-12(16)18-11-14-9-5-3-4-6-10(9)15-11/h3-6H,2,7-8H2,1H3,(H,13,16)(H,14,15). The number of carbonyl (C=O) groups is 1. The van der Waals surface area contributed by atoms with Crippen molar-refractivity contribution in [2.24, 2.45) is 0 Å². The molecule has 6 nitrogen and oxygen atoms in total. The van der Waals surface area contributed by atoms with Crippen LogP contribution in [0.3, 0.4) is 0 Å². The first-order valence-electron chi connectivity index (χ1n) is 5.77. The van der Waals surface area contributed by atoms with Crippen LogP contribution in [0.5, 0.6) is 6.01 Å². The maximum absolute atomic E-state index is 11.4. The van der Waals surface area contributed by atoms with Gasteiger partial charge >= 0.3 is 12.1 Å². The lowest BCUT2D eigenvalue weighted by molar-refractivity contribution is 0.144. The van der Waals surface area contributed by atoms with Crippen molar-refractivity contribution < 1.29 is 14.3 Å². The lowest BCUT2D eigenvalue weighted by atomic mass is 10.3. The average molecular weight is 249 g/mol. The van der Waals surface area contributed by atoms with Gasteiger partial charge in [-0.2, -0.15) is 4.98 Å². The molecular weight excluding hydrogens is 234 g/mol. The molecule has 6 heteroatoms. The van der Waals surface area contributed by atoms with Crippen LogP contribution in [-0.4, -0.2) is 35.8 Å². The number of aromatic amines is 1. The lowest BCUT2D eigenvalue weighted by Gasteiger charge is -2.03. The number of carbonyl (C=O) groups excluding carboxylic acids is 1. The van der Waals surface area contributed by atoms with Crippen molar-refractivity contribution in [2.45, 2.75) is 6.92 Å². The number of nitrogens with one attached hydrogen (secondary N) is 2. The SMILES string of the molecule is CCOCCNC(=O)Oc1nc2ccccc2[nH]1. The van der Waals surface area contributed by atoms with Crippen molar-refractivity contribution in [1.82, 2.24) is 15.3 Å². The zero-order valence-electron chi connectivity index (χ0n) is 10.1. The maximum atomic E-state index is 11.4. The van der Waals surface area contributed by atoms with Gasteiger partial charge in [-0.3, -0.25) is 0 Å². The van der Waals surface area contributed by atoms with Crippen LogP contribution in [0.4, 0.5) is 4.79 Å². The minimum absolute atomic E-state index is 0.185. The quantitative estimate of drug-likeness (QED) is 0.790. The Kier molecular flexibility index (Phi) is 4.14. The van der Waals surface area contributed by atoms with Gasteiger partial charge < -0.3 is 19.8 Å². The van der Waals surface area contributed by atoms with E-state index in [2.05, 4.69) is 15.3 Å². The largest absolute Gasteiger partial charge is 0.415 e. The molecule has 0 atom stereocenters. The summed E-state index contributed by atoms with van der Waals surface area (Å²) in [6, 6.07) is 7.64. The van der Waals surface area contributed by atoms with E-state index in [4.69, 9.17) is 9.47 Å². The van der Waals surface area contributed by atoms with Gasteiger partial charge in [-0.05, 0) is 19.1 Å². The Bertz CT molecular complexity index is 491. The van der Waals surface area contributed by atoms with E-state index in [1.165, 1.54) is 0 Å². The smallest absolute Gasteiger partial charge is 0.380 e. The van der Waals surface area contributed by atoms with E-state index < -0.39 is 6.09 Å². The second kappa shape index (κ2) is 6.02. The number of ether oxygens (including phenoxy) is 2. The number of aromatic nitrogens is 2. The molecule has 0 aliphatic rings. The fourth-order valence-corrected chi connectivity index (χ4v) is 1.47. The highest BCUT2D eigenvalue weighted by Gasteiger charge is 2.07. The highest BCUT2D eigenvalue weighted by Crippen LogP contribution is 2.14. The van der Waals surface area contributed by atoms with Crippen LogP contribution < -0.4 is 10.1 Å². The van der Waals surface area contributed by atoms with Gasteiger partial charge in [0.05, 0.1) is 17.6 Å². The fourth-order valence-electron chi connectivity index (χ4n) is 1.47. The van der Waals surface area contributed by atoms with E-state index in [9.17, 15) is 4.79 Å². The second-order valence-electron chi connectivity index (χ2n) is 3.57. The van der Waals surface area contributed by atoms with E-state index >= 15 is 0 Å². The van der Waals surface area contributed by atoms with Gasteiger partial charge in [0.2, 0.25) is 0 Å². The molecule has 0 saturated heterocycles. The van der Waals surface area contributed by atoms with Crippen molar-refractivity contribution in [3.8, 4) is 6.01 Å². The van der Waals surface area contributed by atoms with Gasteiger partial charge in [0, 0.05) is 13.2 Å². The Morgan fingerprint density at radius 3 is 3.06 bits per heavy atom. The number of nitrogens with zero attached hydrogens (tertiary/aromatic N) is 1. The van der Waals surface area contributed by atoms with E-state index in [1.807, 2.05) is 31.2 Å². The average Bonchev–Trinajstić information content (AvgIpc) is 2.76. The van der Waals surface area contributed by atoms with Crippen LogP contribution in [0.15, 0.2) is 24.3 Å². The molecule has 1 aromatic heterocycles. The number of H-pyrrole nitrogens is 1. The Morgan fingerprint density at radius 2 is 2.28 bits per heavy atom. The van der Waals surface area contributed by atoms with E-state index in [-0.39, 0.29) is 6.01 Å². The number of hydrogen-bond donors (Lipinski definition) is 2. The summed E-state index contributed by atoms with van der Waals surface area (Å²) in [7, 11) is 0. The predicted octanol–water partition coefficient (Wildman–Crippen LogP) is 1.69. The zero-order chi connectivity index (χ0) is 12.8. The Hall–Kier alpha value is -2.08. The third-order valence-electron chi connectivity index (χ3n) is 2.28. The van der Waals surface area contributed by atoms with E-state index in [1.54, 1.807) is 0 Å². The van der Waals surface area contributed by atoms with Crippen LogP contribution in [0.1, 0.15) is 6.92 Å². The molecule has 0 bridgehead atoms. The molecule has 0 saturated carbocycles. The highest BCUT2D eigenvalue weighted by atomic mass is 16.6. The van der Waals surface area contributed by atoms with Crippen molar-refractivity contribution in [1.29, 1.82) is 0 Å². The van der Waals surface area contributed by atoms with Crippen molar-refractivity contribution in [2.75, 3.05) is 19.8 Å². The van der Waals surface area contributed by atoms with Gasteiger partial charge in [-0.15, -0.1) is 0 Å². The van der Waals surface area contributed by atoms with Gasteiger partial charge in [0.15, 0.2) is 0 Å². The molecule has 18 heavy (non-hydrogen) atoms. The van der Waals surface area contributed by atoms with Crippen molar-refractivity contribution >= 4 is 17.1 Å². The summed E-state index contributed by atoms with van der Waals surface area (Å²) in [6.07, 6.45) is -0.547. The molecule has 0 spiro atoms.